The van der Waals surface area contributed by atoms with E-state index in [1.807, 2.05) is 31.1 Å². The van der Waals surface area contributed by atoms with Gasteiger partial charge in [0.05, 0.1) is 23.3 Å². The van der Waals surface area contributed by atoms with Crippen molar-refractivity contribution in [2.75, 3.05) is 32.9 Å². The van der Waals surface area contributed by atoms with Crippen molar-refractivity contribution in [3.05, 3.63) is 81.4 Å². The quantitative estimate of drug-likeness (QED) is 0.249. The molecule has 1 unspecified atom stereocenters. The fraction of sp³-hybridized carbons (Fsp3) is 0.400. The number of aliphatic hydroxyl groups is 1. The zero-order chi connectivity index (χ0) is 21.9. The summed E-state index contributed by atoms with van der Waals surface area (Å²) in [6, 6.07) is 9.51. The predicted molar refractivity (Wildman–Crippen MR) is 115 cm³/mol. The van der Waals surface area contributed by atoms with Gasteiger partial charge in [-0.1, -0.05) is 12.1 Å². The van der Waals surface area contributed by atoms with Gasteiger partial charge in [-0.3, -0.25) is 10.1 Å². The molecule has 0 radical (unpaired) electrons. The number of rotatable bonds is 13. The van der Waals surface area contributed by atoms with Gasteiger partial charge < -0.3 is 25.1 Å². The van der Waals surface area contributed by atoms with Crippen LogP contribution in [-0.4, -0.2) is 47.9 Å². The number of benzene rings is 1. The van der Waals surface area contributed by atoms with Gasteiger partial charge in [0.15, 0.2) is 5.82 Å². The minimum absolute atomic E-state index is 0.00428. The lowest BCUT2D eigenvalue weighted by Crippen LogP contribution is -2.31. The normalized spacial score (nSPS) is 12.8. The molecule has 2 aromatic rings. The Morgan fingerprint density at radius 2 is 2.10 bits per heavy atom. The van der Waals surface area contributed by atoms with Gasteiger partial charge in [0.2, 0.25) is 0 Å². The fourth-order valence-corrected chi connectivity index (χ4v) is 3.37. The number of thioether (sulfide) groups is 1. The summed E-state index contributed by atoms with van der Waals surface area (Å²) in [6.07, 6.45) is -0.189. The molecule has 0 aliphatic rings. The molecule has 0 aliphatic heterocycles. The minimum atomic E-state index is -0.998. The third-order valence-corrected chi connectivity index (χ3v) is 4.93. The summed E-state index contributed by atoms with van der Waals surface area (Å²) >= 11 is 1.64. The Kier molecular flexibility index (Phi) is 9.65. The van der Waals surface area contributed by atoms with E-state index >= 15 is 0 Å². The monoisotopic (exact) mass is 438 g/mol. The zero-order valence-electron chi connectivity index (χ0n) is 17.0. The third kappa shape index (κ3) is 8.85. The van der Waals surface area contributed by atoms with Gasteiger partial charge >= 0.3 is 0 Å². The maximum atomic E-state index is 13.3. The Labute approximate surface area is 179 Å². The second-order valence-electron chi connectivity index (χ2n) is 6.86. The topological polar surface area (TPSA) is 104 Å². The molecule has 0 bridgehead atoms. The van der Waals surface area contributed by atoms with Gasteiger partial charge in [0.1, 0.15) is 17.3 Å². The van der Waals surface area contributed by atoms with Crippen molar-refractivity contribution in [3.63, 3.8) is 0 Å². The van der Waals surface area contributed by atoms with Crippen molar-refractivity contribution < 1.29 is 18.8 Å². The molecule has 0 spiro atoms. The van der Waals surface area contributed by atoms with Crippen LogP contribution in [0.1, 0.15) is 23.2 Å². The number of hydrogen-bond acceptors (Lipinski definition) is 8. The van der Waals surface area contributed by atoms with E-state index in [-0.39, 0.29) is 12.4 Å². The van der Waals surface area contributed by atoms with E-state index in [4.69, 9.17) is 4.42 Å². The van der Waals surface area contributed by atoms with Crippen molar-refractivity contribution in [1.29, 1.82) is 0 Å². The second kappa shape index (κ2) is 12.2. The van der Waals surface area contributed by atoms with E-state index in [0.29, 0.717) is 23.6 Å². The van der Waals surface area contributed by atoms with Gasteiger partial charge in [-0.2, -0.15) is 11.8 Å². The molecule has 164 valence electrons. The maximum absolute atomic E-state index is 13.3. The summed E-state index contributed by atoms with van der Waals surface area (Å²) in [4.78, 5) is 12.3. The Morgan fingerprint density at radius 3 is 2.80 bits per heavy atom. The Bertz CT molecular complexity index is 844. The summed E-state index contributed by atoms with van der Waals surface area (Å²) in [5.41, 5.74) is 0.394. The highest BCUT2D eigenvalue weighted by Crippen LogP contribution is 2.16. The first kappa shape index (κ1) is 23.7. The molecule has 1 aromatic heterocycles. The van der Waals surface area contributed by atoms with Crippen LogP contribution in [0.15, 0.2) is 52.8 Å². The number of furan rings is 1. The van der Waals surface area contributed by atoms with Crippen molar-refractivity contribution in [3.8, 4) is 0 Å². The lowest BCUT2D eigenvalue weighted by molar-refractivity contribution is -0.404. The standard InChI is InChI=1S/C20H27FN4O4S/c1-24(2)12-17-6-7-18(29-17)14-30-9-8-22-20(13-25(27)28)23-11-19(26)15-4-3-5-16(21)10-15/h3-7,10,13,19,22-23,26H,8-9,11-12,14H2,1-2H3. The number of aliphatic hydroxyl groups excluding tert-OH is 1. The second-order valence-corrected chi connectivity index (χ2v) is 7.97. The van der Waals surface area contributed by atoms with Gasteiger partial charge in [-0.15, -0.1) is 0 Å². The van der Waals surface area contributed by atoms with E-state index in [0.717, 1.165) is 24.3 Å². The summed E-state index contributed by atoms with van der Waals surface area (Å²) in [7, 11) is 3.95. The molecule has 0 saturated heterocycles. The summed E-state index contributed by atoms with van der Waals surface area (Å²) in [5.74, 6) is 2.93. The molecule has 8 nitrogen and oxygen atoms in total. The van der Waals surface area contributed by atoms with Crippen molar-refractivity contribution in [2.45, 2.75) is 18.4 Å². The van der Waals surface area contributed by atoms with Crippen LogP contribution in [-0.2, 0) is 12.3 Å². The van der Waals surface area contributed by atoms with Gasteiger partial charge in [-0.25, -0.2) is 4.39 Å². The molecule has 0 amide bonds. The molecule has 0 saturated carbocycles. The van der Waals surface area contributed by atoms with E-state index in [1.54, 1.807) is 17.8 Å². The highest BCUT2D eigenvalue weighted by Gasteiger charge is 2.11. The van der Waals surface area contributed by atoms with Crippen LogP contribution in [0.5, 0.6) is 0 Å². The summed E-state index contributed by atoms with van der Waals surface area (Å²) in [6.45, 7) is 1.23. The van der Waals surface area contributed by atoms with Crippen molar-refractivity contribution in [2.24, 2.45) is 0 Å². The average molecular weight is 439 g/mol. The van der Waals surface area contributed by atoms with E-state index in [2.05, 4.69) is 10.6 Å². The number of hydrogen-bond donors (Lipinski definition) is 3. The Morgan fingerprint density at radius 1 is 1.33 bits per heavy atom. The van der Waals surface area contributed by atoms with E-state index < -0.39 is 16.8 Å². The molecule has 0 aliphatic carbocycles. The minimum Gasteiger partial charge on any atom is -0.464 e. The largest absolute Gasteiger partial charge is 0.464 e. The molecule has 1 atom stereocenters. The van der Waals surface area contributed by atoms with Crippen LogP contribution in [0.3, 0.4) is 0 Å². The number of nitrogens with zero attached hydrogens (tertiary/aromatic N) is 2. The molecule has 30 heavy (non-hydrogen) atoms. The van der Waals surface area contributed by atoms with Gasteiger partial charge in [-0.05, 0) is 43.9 Å². The van der Waals surface area contributed by atoms with Crippen LogP contribution < -0.4 is 10.6 Å². The van der Waals surface area contributed by atoms with E-state index in [1.165, 1.54) is 18.2 Å². The Hall–Kier alpha value is -2.56. The average Bonchev–Trinajstić information content (AvgIpc) is 3.11. The lowest BCUT2D eigenvalue weighted by atomic mass is 10.1. The lowest BCUT2D eigenvalue weighted by Gasteiger charge is -2.15. The molecule has 1 heterocycles. The number of nitro groups is 1. The molecule has 1 aromatic carbocycles. The first-order valence-corrected chi connectivity index (χ1v) is 10.6. The third-order valence-electron chi connectivity index (χ3n) is 3.95. The van der Waals surface area contributed by atoms with Crippen LogP contribution >= 0.6 is 11.8 Å². The number of halogens is 1. The summed E-state index contributed by atoms with van der Waals surface area (Å²) < 4.78 is 19.0. The highest BCUT2D eigenvalue weighted by molar-refractivity contribution is 7.98. The Balaban J connectivity index is 1.74. The molecule has 10 heteroatoms. The zero-order valence-corrected chi connectivity index (χ0v) is 17.8. The van der Waals surface area contributed by atoms with Crippen LogP contribution in [0.2, 0.25) is 0 Å². The predicted octanol–water partition coefficient (Wildman–Crippen LogP) is 2.70. The summed E-state index contributed by atoms with van der Waals surface area (Å²) in [5, 5.41) is 26.7. The molecule has 3 N–H and O–H groups in total. The highest BCUT2D eigenvalue weighted by atomic mass is 32.2. The van der Waals surface area contributed by atoms with Crippen LogP contribution in [0, 0.1) is 15.9 Å². The smallest absolute Gasteiger partial charge is 0.274 e. The molecule has 2 rings (SSSR count). The first-order valence-electron chi connectivity index (χ1n) is 9.40. The van der Waals surface area contributed by atoms with Crippen LogP contribution in [0.4, 0.5) is 4.39 Å². The molecule has 0 fully saturated rings. The molecular formula is C20H27FN4O4S. The first-order chi connectivity index (χ1) is 14.3. The fourth-order valence-electron chi connectivity index (χ4n) is 2.62. The number of nitrogens with one attached hydrogen (secondary N) is 2. The van der Waals surface area contributed by atoms with Gasteiger partial charge in [0, 0.05) is 18.8 Å². The maximum Gasteiger partial charge on any atom is 0.274 e. The van der Waals surface area contributed by atoms with Crippen molar-refractivity contribution in [1.82, 2.24) is 15.5 Å². The molecular weight excluding hydrogens is 411 g/mol. The van der Waals surface area contributed by atoms with Crippen molar-refractivity contribution >= 4 is 11.8 Å². The van der Waals surface area contributed by atoms with E-state index in [9.17, 15) is 19.6 Å². The SMILES string of the molecule is CN(C)Cc1ccc(CSCCNC(=C[N+](=O)[O-])NCC(O)c2cccc(F)c2)o1. The van der Waals surface area contributed by atoms with Gasteiger partial charge in [0.25, 0.3) is 6.20 Å². The van der Waals surface area contributed by atoms with Crippen LogP contribution in [0.25, 0.3) is 0 Å².